The molecule has 1 unspecified atom stereocenters. The Kier molecular flexibility index (Phi) is 4.49. The van der Waals surface area contributed by atoms with Crippen molar-refractivity contribution in [2.75, 3.05) is 19.0 Å². The Labute approximate surface area is 91.1 Å². The SMILES string of the molecule is CCCNc1cc(C)nc(C(C)OC)n1. The molecule has 0 fully saturated rings. The van der Waals surface area contributed by atoms with E-state index in [0.717, 1.165) is 30.3 Å². The van der Waals surface area contributed by atoms with Crippen molar-refractivity contribution in [3.63, 3.8) is 0 Å². The van der Waals surface area contributed by atoms with Gasteiger partial charge < -0.3 is 10.1 Å². The van der Waals surface area contributed by atoms with Gasteiger partial charge in [0.2, 0.25) is 0 Å². The zero-order valence-corrected chi connectivity index (χ0v) is 9.87. The van der Waals surface area contributed by atoms with Crippen molar-refractivity contribution in [2.24, 2.45) is 0 Å². The van der Waals surface area contributed by atoms with Gasteiger partial charge in [0.1, 0.15) is 11.9 Å². The fourth-order valence-corrected chi connectivity index (χ4v) is 1.22. The van der Waals surface area contributed by atoms with E-state index in [1.54, 1.807) is 7.11 Å². The molecule has 4 nitrogen and oxygen atoms in total. The zero-order chi connectivity index (χ0) is 11.3. The quantitative estimate of drug-likeness (QED) is 0.808. The lowest BCUT2D eigenvalue weighted by atomic mass is 10.3. The predicted molar refractivity (Wildman–Crippen MR) is 61.0 cm³/mol. The van der Waals surface area contributed by atoms with Crippen LogP contribution >= 0.6 is 0 Å². The molecule has 0 radical (unpaired) electrons. The van der Waals surface area contributed by atoms with Crippen LogP contribution in [0.2, 0.25) is 0 Å². The fourth-order valence-electron chi connectivity index (χ4n) is 1.22. The molecule has 0 aliphatic heterocycles. The summed E-state index contributed by atoms with van der Waals surface area (Å²) in [7, 11) is 1.66. The van der Waals surface area contributed by atoms with Gasteiger partial charge in [-0.25, -0.2) is 9.97 Å². The van der Waals surface area contributed by atoms with Gasteiger partial charge in [-0.1, -0.05) is 6.92 Å². The summed E-state index contributed by atoms with van der Waals surface area (Å²) >= 11 is 0. The fraction of sp³-hybridized carbons (Fsp3) is 0.636. The van der Waals surface area contributed by atoms with Crippen LogP contribution in [0, 0.1) is 6.92 Å². The number of nitrogens with one attached hydrogen (secondary N) is 1. The number of aromatic nitrogens is 2. The van der Waals surface area contributed by atoms with Crippen molar-refractivity contribution in [3.05, 3.63) is 17.6 Å². The monoisotopic (exact) mass is 209 g/mol. The van der Waals surface area contributed by atoms with E-state index in [0.29, 0.717) is 0 Å². The first-order chi connectivity index (χ1) is 7.17. The van der Waals surface area contributed by atoms with Crippen LogP contribution in [-0.2, 0) is 4.74 Å². The molecule has 0 saturated carbocycles. The van der Waals surface area contributed by atoms with Gasteiger partial charge in [0, 0.05) is 25.4 Å². The molecule has 0 aliphatic carbocycles. The van der Waals surface area contributed by atoms with Gasteiger partial charge in [-0.15, -0.1) is 0 Å². The Morgan fingerprint density at radius 3 is 2.80 bits per heavy atom. The molecule has 0 bridgehead atoms. The van der Waals surface area contributed by atoms with Gasteiger partial charge in [0.15, 0.2) is 5.82 Å². The minimum absolute atomic E-state index is 0.0629. The Bertz CT molecular complexity index is 315. The van der Waals surface area contributed by atoms with Crippen LogP contribution in [0.3, 0.4) is 0 Å². The summed E-state index contributed by atoms with van der Waals surface area (Å²) in [5, 5.41) is 3.25. The molecule has 0 aromatic carbocycles. The van der Waals surface area contributed by atoms with E-state index in [-0.39, 0.29) is 6.10 Å². The largest absolute Gasteiger partial charge is 0.374 e. The molecule has 84 valence electrons. The van der Waals surface area contributed by atoms with E-state index in [9.17, 15) is 0 Å². The molecular formula is C11H19N3O. The van der Waals surface area contributed by atoms with Gasteiger partial charge in [-0.05, 0) is 20.3 Å². The molecular weight excluding hydrogens is 190 g/mol. The number of aryl methyl sites for hydroxylation is 1. The zero-order valence-electron chi connectivity index (χ0n) is 9.87. The highest BCUT2D eigenvalue weighted by atomic mass is 16.5. The number of methoxy groups -OCH3 is 1. The number of ether oxygens (including phenoxy) is 1. The lowest BCUT2D eigenvalue weighted by molar-refractivity contribution is 0.112. The highest BCUT2D eigenvalue weighted by molar-refractivity contribution is 5.35. The Morgan fingerprint density at radius 2 is 2.20 bits per heavy atom. The third-order valence-electron chi connectivity index (χ3n) is 2.14. The summed E-state index contributed by atoms with van der Waals surface area (Å²) in [5.74, 6) is 1.61. The Morgan fingerprint density at radius 1 is 1.47 bits per heavy atom. The van der Waals surface area contributed by atoms with E-state index in [2.05, 4.69) is 22.2 Å². The van der Waals surface area contributed by atoms with Crippen molar-refractivity contribution in [1.29, 1.82) is 0 Å². The minimum atomic E-state index is -0.0629. The first-order valence-corrected chi connectivity index (χ1v) is 5.29. The lowest BCUT2D eigenvalue weighted by Gasteiger charge is -2.11. The van der Waals surface area contributed by atoms with Crippen LogP contribution in [0.15, 0.2) is 6.07 Å². The molecule has 1 heterocycles. The first-order valence-electron chi connectivity index (χ1n) is 5.29. The first kappa shape index (κ1) is 11.9. The number of hydrogen-bond acceptors (Lipinski definition) is 4. The molecule has 15 heavy (non-hydrogen) atoms. The van der Waals surface area contributed by atoms with Gasteiger partial charge in [-0.2, -0.15) is 0 Å². The molecule has 0 aliphatic rings. The van der Waals surface area contributed by atoms with Crippen LogP contribution in [-0.4, -0.2) is 23.6 Å². The van der Waals surface area contributed by atoms with Gasteiger partial charge in [0.25, 0.3) is 0 Å². The van der Waals surface area contributed by atoms with Crippen LogP contribution in [0.5, 0.6) is 0 Å². The second kappa shape index (κ2) is 5.66. The third-order valence-corrected chi connectivity index (χ3v) is 2.14. The molecule has 0 saturated heterocycles. The summed E-state index contributed by atoms with van der Waals surface area (Å²) in [6.07, 6.45) is 1.02. The summed E-state index contributed by atoms with van der Waals surface area (Å²) in [5.41, 5.74) is 0.961. The maximum atomic E-state index is 5.20. The summed E-state index contributed by atoms with van der Waals surface area (Å²) in [6.45, 7) is 6.96. The standard InChI is InChI=1S/C11H19N3O/c1-5-6-12-10-7-8(2)13-11(14-10)9(3)15-4/h7,9H,5-6H2,1-4H3,(H,12,13,14). The normalized spacial score (nSPS) is 12.5. The second-order valence-electron chi connectivity index (χ2n) is 3.56. The van der Waals surface area contributed by atoms with Crippen molar-refractivity contribution in [1.82, 2.24) is 9.97 Å². The van der Waals surface area contributed by atoms with Crippen LogP contribution in [0.25, 0.3) is 0 Å². The molecule has 1 atom stereocenters. The Hall–Kier alpha value is -1.16. The van der Waals surface area contributed by atoms with Crippen molar-refractivity contribution in [3.8, 4) is 0 Å². The third kappa shape index (κ3) is 3.47. The average Bonchev–Trinajstić information content (AvgIpc) is 2.24. The smallest absolute Gasteiger partial charge is 0.159 e. The van der Waals surface area contributed by atoms with Crippen LogP contribution in [0.4, 0.5) is 5.82 Å². The molecule has 4 heteroatoms. The van der Waals surface area contributed by atoms with Gasteiger partial charge in [-0.3, -0.25) is 0 Å². The average molecular weight is 209 g/mol. The van der Waals surface area contributed by atoms with E-state index >= 15 is 0 Å². The highest BCUT2D eigenvalue weighted by Crippen LogP contribution is 2.14. The minimum Gasteiger partial charge on any atom is -0.374 e. The van der Waals surface area contributed by atoms with Crippen LogP contribution in [0.1, 0.15) is 37.9 Å². The molecule has 1 rings (SSSR count). The van der Waals surface area contributed by atoms with E-state index in [4.69, 9.17) is 4.74 Å². The number of rotatable bonds is 5. The highest BCUT2D eigenvalue weighted by Gasteiger charge is 2.09. The second-order valence-corrected chi connectivity index (χ2v) is 3.56. The molecule has 1 aromatic heterocycles. The lowest BCUT2D eigenvalue weighted by Crippen LogP contribution is -2.09. The summed E-state index contributed by atoms with van der Waals surface area (Å²) in [4.78, 5) is 8.73. The van der Waals surface area contributed by atoms with E-state index in [1.807, 2.05) is 19.9 Å². The van der Waals surface area contributed by atoms with Gasteiger partial charge >= 0.3 is 0 Å². The molecule has 1 aromatic rings. The number of anilines is 1. The van der Waals surface area contributed by atoms with Gasteiger partial charge in [0.05, 0.1) is 0 Å². The predicted octanol–water partition coefficient (Wildman–Crippen LogP) is 2.31. The number of hydrogen-bond donors (Lipinski definition) is 1. The Balaban J connectivity index is 2.84. The van der Waals surface area contributed by atoms with Crippen LogP contribution < -0.4 is 5.32 Å². The van der Waals surface area contributed by atoms with Crippen molar-refractivity contribution in [2.45, 2.75) is 33.3 Å². The summed E-state index contributed by atoms with van der Waals surface area (Å²) in [6, 6.07) is 1.95. The topological polar surface area (TPSA) is 47.0 Å². The maximum Gasteiger partial charge on any atom is 0.159 e. The maximum absolute atomic E-state index is 5.20. The molecule has 0 amide bonds. The van der Waals surface area contributed by atoms with E-state index in [1.165, 1.54) is 0 Å². The van der Waals surface area contributed by atoms with E-state index < -0.39 is 0 Å². The van der Waals surface area contributed by atoms with Crippen molar-refractivity contribution < 1.29 is 4.74 Å². The number of nitrogens with zero attached hydrogens (tertiary/aromatic N) is 2. The molecule has 0 spiro atoms. The summed E-state index contributed by atoms with van der Waals surface area (Å²) < 4.78 is 5.20. The van der Waals surface area contributed by atoms with Crippen molar-refractivity contribution >= 4 is 5.82 Å². The molecule has 1 N–H and O–H groups in total.